The van der Waals surface area contributed by atoms with Gasteiger partial charge in [0.15, 0.2) is 0 Å². The van der Waals surface area contributed by atoms with Crippen LogP contribution < -0.4 is 5.32 Å². The van der Waals surface area contributed by atoms with Gasteiger partial charge in [0.25, 0.3) is 0 Å². The van der Waals surface area contributed by atoms with Crippen LogP contribution in [0.1, 0.15) is 20.3 Å². The van der Waals surface area contributed by atoms with Gasteiger partial charge in [0.2, 0.25) is 5.91 Å². The van der Waals surface area contributed by atoms with E-state index in [1.165, 1.54) is 0 Å². The highest BCUT2D eigenvalue weighted by Gasteiger charge is 2.30. The van der Waals surface area contributed by atoms with Gasteiger partial charge in [-0.2, -0.15) is 11.8 Å². The lowest BCUT2D eigenvalue weighted by atomic mass is 10.1. The quantitative estimate of drug-likeness (QED) is 0.792. The average Bonchev–Trinajstić information content (AvgIpc) is 2.34. The molecule has 1 N–H and O–H groups in total. The topological polar surface area (TPSA) is 41.6 Å². The SMILES string of the molecule is C[C@@H]1OCCN(C(=O)C[C@H]2CSCCN2)[C@H]1C. The normalized spacial score (nSPS) is 34.7. The largest absolute Gasteiger partial charge is 0.375 e. The van der Waals surface area contributed by atoms with Gasteiger partial charge in [-0.15, -0.1) is 0 Å². The molecule has 2 fully saturated rings. The minimum atomic E-state index is 0.154. The highest BCUT2D eigenvalue weighted by Crippen LogP contribution is 2.17. The second-order valence-electron chi connectivity index (χ2n) is 4.83. The van der Waals surface area contributed by atoms with Gasteiger partial charge in [-0.3, -0.25) is 4.79 Å². The fraction of sp³-hybridized carbons (Fsp3) is 0.917. The number of rotatable bonds is 2. The van der Waals surface area contributed by atoms with Crippen molar-refractivity contribution in [1.82, 2.24) is 10.2 Å². The van der Waals surface area contributed by atoms with Crippen molar-refractivity contribution in [3.8, 4) is 0 Å². The summed E-state index contributed by atoms with van der Waals surface area (Å²) in [5, 5.41) is 3.42. The summed E-state index contributed by atoms with van der Waals surface area (Å²) in [6.45, 7) is 6.55. The number of morpholine rings is 1. The molecule has 0 radical (unpaired) electrons. The molecule has 17 heavy (non-hydrogen) atoms. The third kappa shape index (κ3) is 3.36. The predicted molar refractivity (Wildman–Crippen MR) is 70.3 cm³/mol. The first-order valence-electron chi connectivity index (χ1n) is 6.40. The van der Waals surface area contributed by atoms with E-state index >= 15 is 0 Å². The molecule has 0 bridgehead atoms. The van der Waals surface area contributed by atoms with Gasteiger partial charge in [-0.05, 0) is 13.8 Å². The summed E-state index contributed by atoms with van der Waals surface area (Å²) in [6.07, 6.45) is 0.783. The van der Waals surface area contributed by atoms with E-state index in [1.54, 1.807) is 0 Å². The Morgan fingerprint density at radius 3 is 3.06 bits per heavy atom. The van der Waals surface area contributed by atoms with E-state index in [0.29, 0.717) is 19.1 Å². The minimum Gasteiger partial charge on any atom is -0.375 e. The van der Waals surface area contributed by atoms with Crippen molar-refractivity contribution in [2.45, 2.75) is 38.5 Å². The molecule has 0 aromatic carbocycles. The van der Waals surface area contributed by atoms with E-state index in [1.807, 2.05) is 23.6 Å². The third-order valence-electron chi connectivity index (χ3n) is 3.62. The molecule has 5 heteroatoms. The van der Waals surface area contributed by atoms with E-state index < -0.39 is 0 Å². The molecule has 0 unspecified atom stereocenters. The zero-order valence-electron chi connectivity index (χ0n) is 10.6. The molecule has 1 amide bonds. The van der Waals surface area contributed by atoms with E-state index in [4.69, 9.17) is 4.74 Å². The summed E-state index contributed by atoms with van der Waals surface area (Å²) in [4.78, 5) is 14.2. The van der Waals surface area contributed by atoms with Crippen molar-refractivity contribution >= 4 is 17.7 Å². The molecule has 0 aromatic rings. The summed E-state index contributed by atoms with van der Waals surface area (Å²) in [5.41, 5.74) is 0. The number of amides is 1. The number of hydrogen-bond acceptors (Lipinski definition) is 4. The maximum atomic E-state index is 12.2. The molecule has 0 saturated carbocycles. The summed E-state index contributed by atoms with van der Waals surface area (Å²) in [5.74, 6) is 2.49. The minimum absolute atomic E-state index is 0.154. The van der Waals surface area contributed by atoms with Gasteiger partial charge >= 0.3 is 0 Å². The first-order valence-corrected chi connectivity index (χ1v) is 7.56. The Hall–Kier alpha value is -0.260. The molecule has 2 rings (SSSR count). The van der Waals surface area contributed by atoms with Crippen LogP contribution in [0.3, 0.4) is 0 Å². The predicted octanol–water partition coefficient (Wildman–Crippen LogP) is 0.717. The number of ether oxygens (including phenoxy) is 1. The maximum absolute atomic E-state index is 12.2. The standard InChI is InChI=1S/C12H22N2O2S/c1-9-10(2)16-5-4-14(9)12(15)7-11-8-17-6-3-13-11/h9-11,13H,3-8H2,1-2H3/t9-,10-,11-/m0/s1. The monoisotopic (exact) mass is 258 g/mol. The van der Waals surface area contributed by atoms with Crippen LogP contribution >= 0.6 is 11.8 Å². The van der Waals surface area contributed by atoms with E-state index in [-0.39, 0.29) is 18.1 Å². The molecule has 2 saturated heterocycles. The van der Waals surface area contributed by atoms with Crippen molar-refractivity contribution in [1.29, 1.82) is 0 Å². The Balaban J connectivity index is 1.85. The zero-order valence-corrected chi connectivity index (χ0v) is 11.5. The summed E-state index contributed by atoms with van der Waals surface area (Å²) in [6, 6.07) is 0.555. The van der Waals surface area contributed by atoms with Crippen LogP contribution in [0.2, 0.25) is 0 Å². The summed E-state index contributed by atoms with van der Waals surface area (Å²) >= 11 is 1.94. The Labute approximate surface area is 107 Å². The van der Waals surface area contributed by atoms with E-state index in [9.17, 15) is 4.79 Å². The van der Waals surface area contributed by atoms with Crippen molar-refractivity contribution in [3.05, 3.63) is 0 Å². The molecule has 2 aliphatic rings. The molecular weight excluding hydrogens is 236 g/mol. The lowest BCUT2D eigenvalue weighted by molar-refractivity contribution is -0.144. The highest BCUT2D eigenvalue weighted by molar-refractivity contribution is 7.99. The van der Waals surface area contributed by atoms with E-state index in [0.717, 1.165) is 24.6 Å². The number of nitrogens with one attached hydrogen (secondary N) is 1. The Bertz CT molecular complexity index is 269. The fourth-order valence-corrected chi connectivity index (χ4v) is 3.31. The second-order valence-corrected chi connectivity index (χ2v) is 5.98. The van der Waals surface area contributed by atoms with Gasteiger partial charge < -0.3 is 15.0 Å². The molecule has 3 atom stereocenters. The first-order chi connectivity index (χ1) is 8.18. The van der Waals surface area contributed by atoms with Crippen molar-refractivity contribution in [2.24, 2.45) is 0 Å². The molecule has 98 valence electrons. The summed E-state index contributed by atoms with van der Waals surface area (Å²) in [7, 11) is 0. The third-order valence-corrected chi connectivity index (χ3v) is 4.75. The van der Waals surface area contributed by atoms with Crippen LogP contribution in [0.5, 0.6) is 0 Å². The van der Waals surface area contributed by atoms with Gasteiger partial charge in [-0.25, -0.2) is 0 Å². The van der Waals surface area contributed by atoms with Crippen molar-refractivity contribution < 1.29 is 9.53 Å². The fourth-order valence-electron chi connectivity index (χ4n) is 2.36. The number of nitrogens with zero attached hydrogens (tertiary/aromatic N) is 1. The lowest BCUT2D eigenvalue weighted by Crippen LogP contribution is -2.53. The Morgan fingerprint density at radius 2 is 2.35 bits per heavy atom. The molecule has 0 aromatic heterocycles. The Kier molecular flexibility index (Phi) is 4.70. The van der Waals surface area contributed by atoms with Crippen LogP contribution in [0.4, 0.5) is 0 Å². The molecule has 4 nitrogen and oxygen atoms in total. The number of hydrogen-bond donors (Lipinski definition) is 1. The van der Waals surface area contributed by atoms with Crippen LogP contribution in [-0.4, -0.2) is 60.2 Å². The summed E-state index contributed by atoms with van der Waals surface area (Å²) < 4.78 is 5.55. The smallest absolute Gasteiger partial charge is 0.224 e. The molecule has 2 aliphatic heterocycles. The van der Waals surface area contributed by atoms with Gasteiger partial charge in [0.1, 0.15) is 0 Å². The highest BCUT2D eigenvalue weighted by atomic mass is 32.2. The molecule has 2 heterocycles. The van der Waals surface area contributed by atoms with Crippen LogP contribution in [0.25, 0.3) is 0 Å². The molecular formula is C12H22N2O2S. The zero-order chi connectivity index (χ0) is 12.3. The van der Waals surface area contributed by atoms with Crippen molar-refractivity contribution in [3.63, 3.8) is 0 Å². The van der Waals surface area contributed by atoms with Crippen LogP contribution in [0, 0.1) is 0 Å². The first kappa shape index (κ1) is 13.2. The van der Waals surface area contributed by atoms with Gasteiger partial charge in [0.05, 0.1) is 18.8 Å². The second kappa shape index (κ2) is 6.07. The van der Waals surface area contributed by atoms with Crippen LogP contribution in [-0.2, 0) is 9.53 Å². The number of carbonyl (C=O) groups is 1. The average molecular weight is 258 g/mol. The van der Waals surface area contributed by atoms with E-state index in [2.05, 4.69) is 12.2 Å². The number of thioether (sulfide) groups is 1. The van der Waals surface area contributed by atoms with Crippen LogP contribution in [0.15, 0.2) is 0 Å². The van der Waals surface area contributed by atoms with Gasteiger partial charge in [0, 0.05) is 37.1 Å². The van der Waals surface area contributed by atoms with Gasteiger partial charge in [-0.1, -0.05) is 0 Å². The molecule has 0 aliphatic carbocycles. The van der Waals surface area contributed by atoms with Crippen molar-refractivity contribution in [2.75, 3.05) is 31.2 Å². The Morgan fingerprint density at radius 1 is 1.53 bits per heavy atom. The maximum Gasteiger partial charge on any atom is 0.224 e. The lowest BCUT2D eigenvalue weighted by Gasteiger charge is -2.38. The number of carbonyl (C=O) groups excluding carboxylic acids is 1. The molecule has 0 spiro atoms.